The van der Waals surface area contributed by atoms with E-state index in [1.807, 2.05) is 0 Å². The summed E-state index contributed by atoms with van der Waals surface area (Å²) in [5, 5.41) is 0. The van der Waals surface area contributed by atoms with Gasteiger partial charge in [0.05, 0.1) is 11.3 Å². The van der Waals surface area contributed by atoms with Crippen molar-refractivity contribution in [3.8, 4) is 23.0 Å². The predicted octanol–water partition coefficient (Wildman–Crippen LogP) is 4.71. The first-order valence-electron chi connectivity index (χ1n) is 9.97. The van der Waals surface area contributed by atoms with Gasteiger partial charge < -0.3 is 20.9 Å². The van der Waals surface area contributed by atoms with Gasteiger partial charge in [0, 0.05) is 0 Å². The van der Waals surface area contributed by atoms with Gasteiger partial charge in [-0.25, -0.2) is 4.99 Å². The molecule has 2 aliphatic heterocycles. The monoisotopic (exact) mass is 431 g/mol. The molecule has 2 aromatic carbocycles. The number of aliphatic imine (C=N–C) groups is 2. The van der Waals surface area contributed by atoms with Crippen molar-refractivity contribution in [2.75, 3.05) is 4.90 Å². The molecule has 7 nitrogen and oxygen atoms in total. The van der Waals surface area contributed by atoms with Crippen LogP contribution in [0.3, 0.4) is 0 Å². The van der Waals surface area contributed by atoms with Crippen molar-refractivity contribution in [3.05, 3.63) is 42.0 Å². The van der Waals surface area contributed by atoms with Crippen LogP contribution >= 0.6 is 0 Å². The minimum Gasteiger partial charge on any atom is -0.449 e. The van der Waals surface area contributed by atoms with Crippen LogP contribution in [0.25, 0.3) is 0 Å². The van der Waals surface area contributed by atoms with Crippen molar-refractivity contribution in [3.63, 3.8) is 0 Å². The summed E-state index contributed by atoms with van der Waals surface area (Å²) >= 11 is 0. The second-order valence-corrected chi connectivity index (χ2v) is 7.79. The maximum atomic E-state index is 13.8. The number of hydrogen-bond acceptors (Lipinski definition) is 7. The van der Waals surface area contributed by atoms with Crippen molar-refractivity contribution >= 4 is 17.6 Å². The van der Waals surface area contributed by atoms with Gasteiger partial charge in [0.1, 0.15) is 5.66 Å². The summed E-state index contributed by atoms with van der Waals surface area (Å²) in [6.45, 7) is 0. The fourth-order valence-corrected chi connectivity index (χ4v) is 4.41. The number of nitrogens with two attached hydrogens (primary N) is 2. The van der Waals surface area contributed by atoms with Crippen LogP contribution in [0.4, 0.5) is 18.9 Å². The molecule has 162 valence electrons. The molecule has 4 N–H and O–H groups in total. The molecule has 0 saturated heterocycles. The molecule has 0 aromatic heterocycles. The van der Waals surface area contributed by atoms with Gasteiger partial charge in [-0.3, -0.25) is 4.90 Å². The Kier molecular flexibility index (Phi) is 4.28. The summed E-state index contributed by atoms with van der Waals surface area (Å²) in [7, 11) is 0. The van der Waals surface area contributed by atoms with Gasteiger partial charge in [0.2, 0.25) is 11.9 Å². The van der Waals surface area contributed by atoms with Gasteiger partial charge in [-0.1, -0.05) is 18.6 Å². The summed E-state index contributed by atoms with van der Waals surface area (Å²) < 4.78 is 53.1. The number of ether oxygens (including phenoxy) is 2. The summed E-state index contributed by atoms with van der Waals surface area (Å²) in [5.41, 5.74) is 10.4. The van der Waals surface area contributed by atoms with Crippen molar-refractivity contribution in [1.29, 1.82) is 0 Å². The lowest BCUT2D eigenvalue weighted by Crippen LogP contribution is -2.58. The average molecular weight is 431 g/mol. The molecule has 1 aliphatic carbocycles. The number of anilines is 1. The summed E-state index contributed by atoms with van der Waals surface area (Å²) in [5.74, 6) is 0.784. The first kappa shape index (κ1) is 19.5. The molecule has 31 heavy (non-hydrogen) atoms. The molecule has 1 fully saturated rings. The van der Waals surface area contributed by atoms with Crippen molar-refractivity contribution < 1.29 is 22.6 Å². The van der Waals surface area contributed by atoms with E-state index in [9.17, 15) is 13.2 Å². The Morgan fingerprint density at radius 2 is 1.61 bits per heavy atom. The van der Waals surface area contributed by atoms with Crippen LogP contribution in [0.15, 0.2) is 46.4 Å². The van der Waals surface area contributed by atoms with E-state index in [2.05, 4.69) is 9.98 Å². The Hall–Kier alpha value is -3.43. The van der Waals surface area contributed by atoms with E-state index < -0.39 is 17.4 Å². The standard InChI is InChI=1S/C21H20F3N5O2/c22-21(23,24)12-10-13(17-16(11-12)30-14-6-2-3-7-15(14)31-17)29-19(26)27-18(25)28-20(29)8-4-1-5-9-20/h2-3,6-7,10-11H,1,4-5,8-9H2,(H4,25,26,27,28). The van der Waals surface area contributed by atoms with Gasteiger partial charge in [-0.15, -0.1) is 0 Å². The zero-order chi connectivity index (χ0) is 21.8. The molecule has 0 bridgehead atoms. The number of guanidine groups is 2. The lowest BCUT2D eigenvalue weighted by atomic mass is 9.87. The number of nitrogens with zero attached hydrogens (tertiary/aromatic N) is 3. The fraction of sp³-hybridized carbons (Fsp3) is 0.333. The van der Waals surface area contributed by atoms with E-state index >= 15 is 0 Å². The molecule has 1 saturated carbocycles. The first-order chi connectivity index (χ1) is 14.8. The summed E-state index contributed by atoms with van der Waals surface area (Å²) in [6.07, 6.45) is -0.786. The third-order valence-corrected chi connectivity index (χ3v) is 5.74. The third-order valence-electron chi connectivity index (χ3n) is 5.74. The molecule has 0 unspecified atom stereocenters. The molecule has 0 atom stereocenters. The lowest BCUT2D eigenvalue weighted by molar-refractivity contribution is -0.137. The Morgan fingerprint density at radius 3 is 2.29 bits per heavy atom. The molecule has 0 radical (unpaired) electrons. The topological polar surface area (TPSA) is 98.5 Å². The van der Waals surface area contributed by atoms with Gasteiger partial charge >= 0.3 is 6.18 Å². The molecule has 1 spiro atoms. The molecular weight excluding hydrogens is 411 g/mol. The van der Waals surface area contributed by atoms with Crippen LogP contribution in [0, 0.1) is 0 Å². The maximum absolute atomic E-state index is 13.8. The van der Waals surface area contributed by atoms with Crippen LogP contribution < -0.4 is 25.8 Å². The van der Waals surface area contributed by atoms with E-state index in [0.717, 1.165) is 31.4 Å². The molecule has 10 heteroatoms. The predicted molar refractivity (Wildman–Crippen MR) is 110 cm³/mol. The highest BCUT2D eigenvalue weighted by atomic mass is 19.4. The molecule has 2 aromatic rings. The van der Waals surface area contributed by atoms with Crippen LogP contribution in [0.5, 0.6) is 23.0 Å². The molecule has 3 aliphatic rings. The Bertz CT molecular complexity index is 1110. The first-order valence-corrected chi connectivity index (χ1v) is 9.97. The number of halogens is 3. The van der Waals surface area contributed by atoms with Crippen LogP contribution in [0.2, 0.25) is 0 Å². The number of rotatable bonds is 1. The highest BCUT2D eigenvalue weighted by Crippen LogP contribution is 2.54. The molecule has 5 rings (SSSR count). The number of alkyl halides is 3. The zero-order valence-electron chi connectivity index (χ0n) is 16.4. The van der Waals surface area contributed by atoms with Crippen molar-refractivity contribution in [2.45, 2.75) is 43.9 Å². The number of fused-ring (bicyclic) bond motifs is 2. The molecule has 0 amide bonds. The quantitative estimate of drug-likeness (QED) is 0.581. The van der Waals surface area contributed by atoms with E-state index in [1.165, 1.54) is 4.90 Å². The largest absolute Gasteiger partial charge is 0.449 e. The van der Waals surface area contributed by atoms with Gasteiger partial charge in [-0.05, 0) is 49.9 Å². The minimum absolute atomic E-state index is 0.0130. The highest BCUT2D eigenvalue weighted by Gasteiger charge is 2.46. The zero-order valence-corrected chi connectivity index (χ0v) is 16.4. The second kappa shape index (κ2) is 6.79. The average Bonchev–Trinajstić information content (AvgIpc) is 2.71. The normalized spacial score (nSPS) is 19.5. The second-order valence-electron chi connectivity index (χ2n) is 7.79. The Balaban J connectivity index is 1.72. The maximum Gasteiger partial charge on any atom is 0.416 e. The van der Waals surface area contributed by atoms with E-state index in [4.69, 9.17) is 20.9 Å². The number of para-hydroxylation sites is 2. The van der Waals surface area contributed by atoms with Gasteiger partial charge in [0.25, 0.3) is 0 Å². The van der Waals surface area contributed by atoms with Gasteiger partial charge in [-0.2, -0.15) is 18.2 Å². The minimum atomic E-state index is -4.60. The third kappa shape index (κ3) is 3.22. The molecule has 2 heterocycles. The van der Waals surface area contributed by atoms with Gasteiger partial charge in [0.15, 0.2) is 23.0 Å². The SMILES string of the molecule is NC1=NC2(CCCCC2)N(c2cc(C(F)(F)F)cc3c2Oc2ccccc2O3)C(N)=N1. The fourth-order valence-electron chi connectivity index (χ4n) is 4.41. The van der Waals surface area contributed by atoms with E-state index in [-0.39, 0.29) is 29.1 Å². The Labute approximate surface area is 176 Å². The lowest BCUT2D eigenvalue weighted by Gasteiger charge is -2.46. The van der Waals surface area contributed by atoms with Crippen LogP contribution in [0.1, 0.15) is 37.7 Å². The molecular formula is C21H20F3N5O2. The highest BCUT2D eigenvalue weighted by molar-refractivity contribution is 6.06. The van der Waals surface area contributed by atoms with E-state index in [1.54, 1.807) is 24.3 Å². The number of benzene rings is 2. The number of hydrogen-bond donors (Lipinski definition) is 2. The van der Waals surface area contributed by atoms with Crippen molar-refractivity contribution in [1.82, 2.24) is 0 Å². The van der Waals surface area contributed by atoms with Crippen LogP contribution in [-0.2, 0) is 6.18 Å². The Morgan fingerprint density at radius 1 is 0.935 bits per heavy atom. The summed E-state index contributed by atoms with van der Waals surface area (Å²) in [6, 6.07) is 8.71. The van der Waals surface area contributed by atoms with E-state index in [0.29, 0.717) is 24.3 Å². The summed E-state index contributed by atoms with van der Waals surface area (Å²) in [4.78, 5) is 10.1. The van der Waals surface area contributed by atoms with Crippen molar-refractivity contribution in [2.24, 2.45) is 21.5 Å². The van der Waals surface area contributed by atoms with Crippen LogP contribution in [-0.4, -0.2) is 17.6 Å². The smallest absolute Gasteiger partial charge is 0.416 e.